The Labute approximate surface area is 112 Å². The van der Waals surface area contributed by atoms with Gasteiger partial charge in [-0.25, -0.2) is 0 Å². The molecule has 1 aliphatic heterocycles. The van der Waals surface area contributed by atoms with Crippen LogP contribution in [0.25, 0.3) is 0 Å². The van der Waals surface area contributed by atoms with Crippen LogP contribution in [0.3, 0.4) is 0 Å². The normalized spacial score (nSPS) is 22.4. The van der Waals surface area contributed by atoms with Gasteiger partial charge in [-0.05, 0) is 38.3 Å². The van der Waals surface area contributed by atoms with Gasteiger partial charge in [0.1, 0.15) is 0 Å². The number of allylic oxidation sites excluding steroid dienone is 1. The average Bonchev–Trinajstić information content (AvgIpc) is 2.90. The van der Waals surface area contributed by atoms with Crippen molar-refractivity contribution in [1.29, 1.82) is 0 Å². The minimum atomic E-state index is -0.137. The first-order chi connectivity index (χ1) is 9.15. The quantitative estimate of drug-likeness (QED) is 0.601. The minimum Gasteiger partial charge on any atom is -0.269 e. The van der Waals surface area contributed by atoms with Crippen LogP contribution in [0, 0.1) is 0 Å². The molecule has 0 fully saturated rings. The zero-order valence-corrected chi connectivity index (χ0v) is 11.3. The second kappa shape index (κ2) is 4.34. The molecule has 2 amide bonds. The van der Waals surface area contributed by atoms with Crippen LogP contribution in [0.5, 0.6) is 0 Å². The number of benzene rings is 1. The third kappa shape index (κ3) is 1.65. The Bertz CT molecular complexity index is 566. The van der Waals surface area contributed by atoms with Crippen LogP contribution in [-0.4, -0.2) is 22.8 Å². The molecule has 1 aromatic rings. The molecule has 1 atom stereocenters. The van der Waals surface area contributed by atoms with Crippen molar-refractivity contribution in [3.63, 3.8) is 0 Å². The van der Waals surface area contributed by atoms with Gasteiger partial charge in [0.2, 0.25) is 0 Å². The van der Waals surface area contributed by atoms with Crippen LogP contribution in [-0.2, 0) is 0 Å². The molecular weight excluding hydrogens is 238 g/mol. The maximum Gasteiger partial charge on any atom is 0.262 e. The fourth-order valence-corrected chi connectivity index (χ4v) is 3.23. The van der Waals surface area contributed by atoms with Crippen molar-refractivity contribution in [2.75, 3.05) is 0 Å². The number of hydrogen-bond acceptors (Lipinski definition) is 2. The highest BCUT2D eigenvalue weighted by atomic mass is 16.2. The Morgan fingerprint density at radius 2 is 1.74 bits per heavy atom. The molecule has 0 saturated heterocycles. The van der Waals surface area contributed by atoms with Crippen molar-refractivity contribution in [2.45, 2.75) is 39.2 Å². The zero-order chi connectivity index (χ0) is 13.6. The molecule has 0 aromatic heterocycles. The van der Waals surface area contributed by atoms with E-state index in [1.165, 1.54) is 16.0 Å². The van der Waals surface area contributed by atoms with Crippen molar-refractivity contribution in [1.82, 2.24) is 4.90 Å². The summed E-state index contributed by atoms with van der Waals surface area (Å²) >= 11 is 0. The second-order valence-electron chi connectivity index (χ2n) is 5.22. The molecule has 19 heavy (non-hydrogen) atoms. The number of hydrogen-bond donors (Lipinski definition) is 0. The molecule has 0 bridgehead atoms. The number of fused-ring (bicyclic) bond motifs is 1. The standard InChI is InChI=1S/C16H17NO2/c1-3-11-8-9-14(10(11)2)17-15(18)12-6-4-5-7-13(12)16(17)19/h4-7,14H,3,8-9H2,1-2H3. The Morgan fingerprint density at radius 1 is 1.16 bits per heavy atom. The Morgan fingerprint density at radius 3 is 2.21 bits per heavy atom. The number of imide groups is 1. The molecule has 0 radical (unpaired) electrons. The number of rotatable bonds is 2. The van der Waals surface area contributed by atoms with Crippen molar-refractivity contribution in [3.8, 4) is 0 Å². The van der Waals surface area contributed by atoms with E-state index in [1.54, 1.807) is 12.1 Å². The third-order valence-corrected chi connectivity index (χ3v) is 4.34. The largest absolute Gasteiger partial charge is 0.269 e. The van der Waals surface area contributed by atoms with E-state index < -0.39 is 0 Å². The summed E-state index contributed by atoms with van der Waals surface area (Å²) in [6.45, 7) is 4.18. The van der Waals surface area contributed by atoms with Gasteiger partial charge in [-0.3, -0.25) is 14.5 Å². The summed E-state index contributed by atoms with van der Waals surface area (Å²) in [7, 11) is 0. The zero-order valence-electron chi connectivity index (χ0n) is 11.3. The Balaban J connectivity index is 2.00. The molecule has 0 saturated carbocycles. The summed E-state index contributed by atoms with van der Waals surface area (Å²) < 4.78 is 0. The number of nitrogens with zero attached hydrogens (tertiary/aromatic N) is 1. The lowest BCUT2D eigenvalue weighted by Gasteiger charge is -2.23. The predicted octanol–water partition coefficient (Wildman–Crippen LogP) is 3.17. The molecule has 0 spiro atoms. The van der Waals surface area contributed by atoms with Crippen LogP contribution >= 0.6 is 0 Å². The Hall–Kier alpha value is -1.90. The van der Waals surface area contributed by atoms with Crippen molar-refractivity contribution < 1.29 is 9.59 Å². The molecule has 3 heteroatoms. The summed E-state index contributed by atoms with van der Waals surface area (Å²) in [6, 6.07) is 7.06. The van der Waals surface area contributed by atoms with Gasteiger partial charge in [0.05, 0.1) is 17.2 Å². The van der Waals surface area contributed by atoms with Crippen molar-refractivity contribution in [2.24, 2.45) is 0 Å². The van der Waals surface area contributed by atoms with Crippen LogP contribution in [0.15, 0.2) is 35.4 Å². The SMILES string of the molecule is CCC1=C(C)C(N2C(=O)c3ccccc3C2=O)CC1. The fraction of sp³-hybridized carbons (Fsp3) is 0.375. The van der Waals surface area contributed by atoms with E-state index in [1.807, 2.05) is 12.1 Å². The van der Waals surface area contributed by atoms with Gasteiger partial charge >= 0.3 is 0 Å². The first-order valence-electron chi connectivity index (χ1n) is 6.80. The maximum absolute atomic E-state index is 12.4. The van der Waals surface area contributed by atoms with E-state index in [-0.39, 0.29) is 17.9 Å². The van der Waals surface area contributed by atoms with Gasteiger partial charge in [0.15, 0.2) is 0 Å². The molecule has 3 nitrogen and oxygen atoms in total. The average molecular weight is 255 g/mol. The van der Waals surface area contributed by atoms with Gasteiger partial charge in [-0.15, -0.1) is 0 Å². The van der Waals surface area contributed by atoms with Crippen LogP contribution in [0.4, 0.5) is 0 Å². The lowest BCUT2D eigenvalue weighted by atomic mass is 10.1. The minimum absolute atomic E-state index is 0.0395. The summed E-state index contributed by atoms with van der Waals surface area (Å²) in [5.41, 5.74) is 3.69. The number of carbonyl (C=O) groups excluding carboxylic acids is 2. The predicted molar refractivity (Wildman–Crippen MR) is 73.0 cm³/mol. The van der Waals surface area contributed by atoms with E-state index in [9.17, 15) is 9.59 Å². The summed E-state index contributed by atoms with van der Waals surface area (Å²) in [5, 5.41) is 0. The van der Waals surface area contributed by atoms with Gasteiger partial charge in [-0.2, -0.15) is 0 Å². The highest BCUT2D eigenvalue weighted by Gasteiger charge is 2.41. The molecule has 1 aliphatic carbocycles. The molecule has 2 aliphatic rings. The monoisotopic (exact) mass is 255 g/mol. The van der Waals surface area contributed by atoms with Gasteiger partial charge in [-0.1, -0.05) is 30.2 Å². The molecule has 1 unspecified atom stereocenters. The lowest BCUT2D eigenvalue weighted by Crippen LogP contribution is -2.39. The van der Waals surface area contributed by atoms with Crippen LogP contribution < -0.4 is 0 Å². The van der Waals surface area contributed by atoms with E-state index in [2.05, 4.69) is 13.8 Å². The fourth-order valence-electron chi connectivity index (χ4n) is 3.23. The first-order valence-corrected chi connectivity index (χ1v) is 6.80. The first kappa shape index (κ1) is 12.2. The van der Waals surface area contributed by atoms with Crippen LogP contribution in [0.2, 0.25) is 0 Å². The van der Waals surface area contributed by atoms with E-state index in [4.69, 9.17) is 0 Å². The molecule has 3 rings (SSSR count). The highest BCUT2D eigenvalue weighted by molar-refractivity contribution is 6.21. The van der Waals surface area contributed by atoms with Crippen molar-refractivity contribution in [3.05, 3.63) is 46.5 Å². The summed E-state index contributed by atoms with van der Waals surface area (Å²) in [6.07, 6.45) is 2.88. The second-order valence-corrected chi connectivity index (χ2v) is 5.22. The summed E-state index contributed by atoms with van der Waals surface area (Å²) in [5.74, 6) is -0.274. The van der Waals surface area contributed by atoms with E-state index >= 15 is 0 Å². The maximum atomic E-state index is 12.4. The molecule has 0 N–H and O–H groups in total. The van der Waals surface area contributed by atoms with Crippen LogP contribution in [0.1, 0.15) is 53.8 Å². The topological polar surface area (TPSA) is 37.4 Å². The van der Waals surface area contributed by atoms with Gasteiger partial charge in [0, 0.05) is 0 Å². The van der Waals surface area contributed by atoms with Gasteiger partial charge < -0.3 is 0 Å². The molecule has 1 aromatic carbocycles. The van der Waals surface area contributed by atoms with Crippen molar-refractivity contribution >= 4 is 11.8 Å². The number of carbonyl (C=O) groups is 2. The van der Waals surface area contributed by atoms with Gasteiger partial charge in [0.25, 0.3) is 11.8 Å². The molecule has 98 valence electrons. The summed E-state index contributed by atoms with van der Waals surface area (Å²) in [4.78, 5) is 26.3. The molecule has 1 heterocycles. The van der Waals surface area contributed by atoms with E-state index in [0.29, 0.717) is 11.1 Å². The lowest BCUT2D eigenvalue weighted by molar-refractivity contribution is 0.0607. The number of amides is 2. The third-order valence-electron chi connectivity index (χ3n) is 4.34. The smallest absolute Gasteiger partial charge is 0.262 e. The van der Waals surface area contributed by atoms with E-state index in [0.717, 1.165) is 19.3 Å². The Kier molecular flexibility index (Phi) is 2.77. The molecular formula is C16H17NO2. The highest BCUT2D eigenvalue weighted by Crippen LogP contribution is 2.36.